The number of aliphatic hydroxyl groups is 1. The molecule has 1 aliphatic heterocycles. The van der Waals surface area contributed by atoms with Crippen molar-refractivity contribution in [2.24, 2.45) is 0 Å². The lowest BCUT2D eigenvalue weighted by Gasteiger charge is -2.25. The molecule has 1 unspecified atom stereocenters. The second-order valence-corrected chi connectivity index (χ2v) is 4.32. The van der Waals surface area contributed by atoms with E-state index < -0.39 is 6.10 Å². The second-order valence-electron chi connectivity index (χ2n) is 4.32. The van der Waals surface area contributed by atoms with Gasteiger partial charge in [0.1, 0.15) is 5.75 Å². The average Bonchev–Trinajstić information content (AvgIpc) is 2.35. The van der Waals surface area contributed by atoms with Gasteiger partial charge in [-0.25, -0.2) is 0 Å². The maximum absolute atomic E-state index is 12.0. The highest BCUT2D eigenvalue weighted by atomic mass is 16.5. The van der Waals surface area contributed by atoms with Crippen molar-refractivity contribution in [2.75, 3.05) is 13.2 Å². The summed E-state index contributed by atoms with van der Waals surface area (Å²) in [7, 11) is 0. The molecule has 0 saturated heterocycles. The molecule has 1 aromatic carbocycles. The normalized spacial score (nSPS) is 20.0. The number of benzene rings is 1. The Balaban J connectivity index is 2.10. The van der Waals surface area contributed by atoms with Crippen LogP contribution < -0.4 is 10.1 Å². The summed E-state index contributed by atoms with van der Waals surface area (Å²) < 4.78 is 5.50. The van der Waals surface area contributed by atoms with Crippen LogP contribution in [0.5, 0.6) is 5.75 Å². The highest BCUT2D eigenvalue weighted by Gasteiger charge is 2.27. The van der Waals surface area contributed by atoms with Gasteiger partial charge in [0.05, 0.1) is 18.6 Å². The maximum Gasteiger partial charge on any atom is 0.227 e. The first kappa shape index (κ1) is 11.9. The Bertz CT molecular complexity index is 403. The molecular weight excluding hydrogens is 218 g/mol. The van der Waals surface area contributed by atoms with E-state index in [9.17, 15) is 4.79 Å². The summed E-state index contributed by atoms with van der Waals surface area (Å²) in [5.74, 6) is 0.580. The zero-order valence-corrected chi connectivity index (χ0v) is 9.85. The van der Waals surface area contributed by atoms with Crippen molar-refractivity contribution >= 4 is 5.91 Å². The largest absolute Gasteiger partial charge is 0.493 e. The molecule has 1 aliphatic rings. The molecule has 0 saturated carbocycles. The van der Waals surface area contributed by atoms with Gasteiger partial charge in [0, 0.05) is 12.1 Å². The monoisotopic (exact) mass is 235 g/mol. The fourth-order valence-electron chi connectivity index (χ4n) is 1.99. The first-order valence-corrected chi connectivity index (χ1v) is 5.86. The molecule has 4 nitrogen and oxygen atoms in total. The maximum atomic E-state index is 12.0. The summed E-state index contributed by atoms with van der Waals surface area (Å²) in [5.41, 5.74) is 0.932. The number of carbonyl (C=O) groups excluding carboxylic acids is 1. The Morgan fingerprint density at radius 2 is 2.35 bits per heavy atom. The van der Waals surface area contributed by atoms with E-state index >= 15 is 0 Å². The summed E-state index contributed by atoms with van der Waals surface area (Å²) >= 11 is 0. The zero-order valence-electron chi connectivity index (χ0n) is 9.85. The zero-order chi connectivity index (χ0) is 12.3. The number of hydrogen-bond donors (Lipinski definition) is 2. The number of rotatable bonds is 3. The van der Waals surface area contributed by atoms with Gasteiger partial charge in [-0.15, -0.1) is 0 Å². The van der Waals surface area contributed by atoms with Crippen LogP contribution in [0.15, 0.2) is 24.3 Å². The molecule has 0 radical (unpaired) electrons. The SMILES string of the molecule is C[C@H](O)CNC(=O)C1CCOc2ccccc21. The van der Waals surface area contributed by atoms with E-state index in [2.05, 4.69) is 5.32 Å². The molecule has 2 rings (SSSR count). The van der Waals surface area contributed by atoms with E-state index in [0.717, 1.165) is 11.3 Å². The van der Waals surface area contributed by atoms with Crippen LogP contribution >= 0.6 is 0 Å². The topological polar surface area (TPSA) is 58.6 Å². The number of aliphatic hydroxyl groups excluding tert-OH is 1. The summed E-state index contributed by atoms with van der Waals surface area (Å²) in [6.07, 6.45) is 0.164. The number of amides is 1. The molecule has 1 amide bonds. The van der Waals surface area contributed by atoms with E-state index in [4.69, 9.17) is 9.84 Å². The summed E-state index contributed by atoms with van der Waals surface area (Å²) in [4.78, 5) is 12.0. The third-order valence-electron chi connectivity index (χ3n) is 2.85. The van der Waals surface area contributed by atoms with Crippen molar-refractivity contribution in [3.63, 3.8) is 0 Å². The highest BCUT2D eigenvalue weighted by Crippen LogP contribution is 2.33. The van der Waals surface area contributed by atoms with Gasteiger partial charge in [-0.2, -0.15) is 0 Å². The lowest BCUT2D eigenvalue weighted by Crippen LogP contribution is -2.36. The van der Waals surface area contributed by atoms with Crippen LogP contribution in [0.1, 0.15) is 24.8 Å². The third kappa shape index (κ3) is 2.77. The minimum absolute atomic E-state index is 0.0401. The van der Waals surface area contributed by atoms with E-state index in [1.807, 2.05) is 24.3 Å². The average molecular weight is 235 g/mol. The first-order chi connectivity index (χ1) is 8.18. The first-order valence-electron chi connectivity index (χ1n) is 5.86. The number of para-hydroxylation sites is 1. The van der Waals surface area contributed by atoms with Crippen molar-refractivity contribution in [1.82, 2.24) is 5.32 Å². The van der Waals surface area contributed by atoms with Crippen molar-refractivity contribution in [1.29, 1.82) is 0 Å². The smallest absolute Gasteiger partial charge is 0.227 e. The van der Waals surface area contributed by atoms with Crippen LogP contribution in [0, 0.1) is 0 Å². The van der Waals surface area contributed by atoms with Gasteiger partial charge in [0.2, 0.25) is 5.91 Å². The molecule has 0 bridgehead atoms. The Hall–Kier alpha value is -1.55. The van der Waals surface area contributed by atoms with Gasteiger partial charge in [-0.1, -0.05) is 18.2 Å². The number of carbonyl (C=O) groups is 1. The van der Waals surface area contributed by atoms with Crippen molar-refractivity contribution in [3.05, 3.63) is 29.8 Å². The number of ether oxygens (including phenoxy) is 1. The number of nitrogens with one attached hydrogen (secondary N) is 1. The minimum atomic E-state index is -0.519. The molecule has 2 N–H and O–H groups in total. The van der Waals surface area contributed by atoms with Gasteiger partial charge in [0.25, 0.3) is 0 Å². The van der Waals surface area contributed by atoms with Crippen LogP contribution in [0.4, 0.5) is 0 Å². The molecule has 0 fully saturated rings. The molecule has 1 heterocycles. The van der Waals surface area contributed by atoms with E-state index in [0.29, 0.717) is 19.6 Å². The number of fused-ring (bicyclic) bond motifs is 1. The predicted octanol–water partition coefficient (Wildman–Crippen LogP) is 1.05. The fourth-order valence-corrected chi connectivity index (χ4v) is 1.99. The summed E-state index contributed by atoms with van der Waals surface area (Å²) in [5, 5.41) is 11.9. The third-order valence-corrected chi connectivity index (χ3v) is 2.85. The molecule has 4 heteroatoms. The molecule has 0 aliphatic carbocycles. The summed E-state index contributed by atoms with van der Waals surface area (Å²) in [6.45, 7) is 2.50. The lowest BCUT2D eigenvalue weighted by atomic mass is 9.92. The van der Waals surface area contributed by atoms with Crippen LogP contribution in [0.3, 0.4) is 0 Å². The fraction of sp³-hybridized carbons (Fsp3) is 0.462. The molecule has 0 aromatic heterocycles. The van der Waals surface area contributed by atoms with Crippen LogP contribution in [0.25, 0.3) is 0 Å². The predicted molar refractivity (Wildman–Crippen MR) is 64.0 cm³/mol. The highest BCUT2D eigenvalue weighted by molar-refractivity contribution is 5.84. The minimum Gasteiger partial charge on any atom is -0.493 e. The molecule has 17 heavy (non-hydrogen) atoms. The Morgan fingerprint density at radius 3 is 3.12 bits per heavy atom. The summed E-state index contributed by atoms with van der Waals surface area (Å²) in [6, 6.07) is 7.60. The van der Waals surface area contributed by atoms with Crippen molar-refractivity contribution in [3.8, 4) is 5.75 Å². The van der Waals surface area contributed by atoms with E-state index in [-0.39, 0.29) is 11.8 Å². The van der Waals surface area contributed by atoms with Crippen LogP contribution in [-0.4, -0.2) is 30.3 Å². The van der Waals surface area contributed by atoms with E-state index in [1.165, 1.54) is 0 Å². The van der Waals surface area contributed by atoms with Crippen LogP contribution in [0.2, 0.25) is 0 Å². The molecule has 92 valence electrons. The lowest BCUT2D eigenvalue weighted by molar-refractivity contribution is -0.123. The number of hydrogen-bond acceptors (Lipinski definition) is 3. The molecule has 1 aromatic rings. The van der Waals surface area contributed by atoms with Gasteiger partial charge in [-0.05, 0) is 19.4 Å². The Labute approximate surface area is 101 Å². The Morgan fingerprint density at radius 1 is 1.59 bits per heavy atom. The van der Waals surface area contributed by atoms with Gasteiger partial charge in [0.15, 0.2) is 0 Å². The van der Waals surface area contributed by atoms with Gasteiger partial charge >= 0.3 is 0 Å². The van der Waals surface area contributed by atoms with Crippen molar-refractivity contribution in [2.45, 2.75) is 25.4 Å². The van der Waals surface area contributed by atoms with Crippen LogP contribution in [-0.2, 0) is 4.79 Å². The molecular formula is C13H17NO3. The quantitative estimate of drug-likeness (QED) is 0.823. The standard InChI is InChI=1S/C13H17NO3/c1-9(15)8-14-13(16)11-6-7-17-12-5-3-2-4-10(11)12/h2-5,9,11,15H,6-8H2,1H3,(H,14,16)/t9-,11?/m0/s1. The van der Waals surface area contributed by atoms with Gasteiger partial charge in [-0.3, -0.25) is 4.79 Å². The van der Waals surface area contributed by atoms with Crippen molar-refractivity contribution < 1.29 is 14.6 Å². The molecule has 0 spiro atoms. The molecule has 2 atom stereocenters. The Kier molecular flexibility index (Phi) is 3.64. The van der Waals surface area contributed by atoms with E-state index in [1.54, 1.807) is 6.92 Å². The second kappa shape index (κ2) is 5.19. The van der Waals surface area contributed by atoms with Gasteiger partial charge < -0.3 is 15.2 Å².